The van der Waals surface area contributed by atoms with E-state index in [1.54, 1.807) is 4.90 Å². The van der Waals surface area contributed by atoms with Gasteiger partial charge in [0.05, 0.1) is 24.7 Å². The van der Waals surface area contributed by atoms with E-state index in [0.717, 1.165) is 5.39 Å². The fraction of sp³-hybridized carbons (Fsp3) is 0.286. The zero-order valence-electron chi connectivity index (χ0n) is 12.5. The number of aliphatic hydroxyl groups excluding tert-OH is 2. The molecule has 3 rings (SSSR count). The number of nitrogens with zero attached hydrogens (tertiary/aromatic N) is 4. The fourth-order valence-electron chi connectivity index (χ4n) is 2.30. The van der Waals surface area contributed by atoms with Crippen molar-refractivity contribution in [1.29, 1.82) is 0 Å². The SMILES string of the molecule is O=[N+]([O-])c1ccc(-c2nc(N(CCO)CCO)c3ccsc3n2)o1. The Balaban J connectivity index is 2.10. The molecule has 3 heterocycles. The maximum atomic E-state index is 10.8. The quantitative estimate of drug-likeness (QED) is 0.486. The zero-order valence-corrected chi connectivity index (χ0v) is 13.3. The van der Waals surface area contributed by atoms with Gasteiger partial charge in [-0.1, -0.05) is 0 Å². The summed E-state index contributed by atoms with van der Waals surface area (Å²) in [6, 6.07) is 4.54. The molecule has 0 saturated heterocycles. The Morgan fingerprint density at radius 2 is 1.96 bits per heavy atom. The minimum atomic E-state index is -0.627. The molecule has 0 aliphatic heterocycles. The first-order valence-electron chi connectivity index (χ1n) is 7.10. The first-order valence-corrected chi connectivity index (χ1v) is 7.98. The molecule has 0 aliphatic carbocycles. The molecule has 0 fully saturated rings. The predicted octanol–water partition coefficient (Wildman–Crippen LogP) is 1.65. The molecule has 10 heteroatoms. The third-order valence-electron chi connectivity index (χ3n) is 3.34. The van der Waals surface area contributed by atoms with E-state index in [4.69, 9.17) is 4.42 Å². The lowest BCUT2D eigenvalue weighted by atomic mass is 10.3. The summed E-state index contributed by atoms with van der Waals surface area (Å²) in [6.45, 7) is 0.384. The van der Waals surface area contributed by atoms with Crippen LogP contribution in [-0.2, 0) is 0 Å². The van der Waals surface area contributed by atoms with Crippen LogP contribution in [0.5, 0.6) is 0 Å². The van der Waals surface area contributed by atoms with E-state index >= 15 is 0 Å². The van der Waals surface area contributed by atoms with E-state index in [-0.39, 0.29) is 30.7 Å². The molecule has 0 bridgehead atoms. The molecule has 3 aromatic rings. The van der Waals surface area contributed by atoms with Gasteiger partial charge >= 0.3 is 5.88 Å². The largest absolute Gasteiger partial charge is 0.433 e. The predicted molar refractivity (Wildman–Crippen MR) is 88.2 cm³/mol. The van der Waals surface area contributed by atoms with Crippen molar-refractivity contribution in [3.63, 3.8) is 0 Å². The lowest BCUT2D eigenvalue weighted by Gasteiger charge is -2.22. The van der Waals surface area contributed by atoms with E-state index in [1.165, 1.54) is 23.5 Å². The molecule has 0 amide bonds. The zero-order chi connectivity index (χ0) is 17.1. The van der Waals surface area contributed by atoms with Crippen LogP contribution in [0.2, 0.25) is 0 Å². The normalized spacial score (nSPS) is 11.1. The summed E-state index contributed by atoms with van der Waals surface area (Å²) in [6.07, 6.45) is 0. The van der Waals surface area contributed by atoms with E-state index < -0.39 is 4.92 Å². The van der Waals surface area contributed by atoms with Gasteiger partial charge in [0, 0.05) is 13.1 Å². The third-order valence-corrected chi connectivity index (χ3v) is 4.14. The topological polar surface area (TPSA) is 126 Å². The van der Waals surface area contributed by atoms with Crippen molar-refractivity contribution < 1.29 is 19.6 Å². The molecular weight excluding hydrogens is 336 g/mol. The standard InChI is InChI=1S/C14H14N4O5S/c19-6-4-17(5-7-20)13-9-3-8-24-14(9)16-12(15-13)10-1-2-11(23-10)18(21)22/h1-3,8,19-20H,4-7H2. The molecule has 2 N–H and O–H groups in total. The van der Waals surface area contributed by atoms with Crippen LogP contribution in [0, 0.1) is 10.1 Å². The summed E-state index contributed by atoms with van der Waals surface area (Å²) in [7, 11) is 0. The summed E-state index contributed by atoms with van der Waals surface area (Å²) in [4.78, 5) is 21.4. The van der Waals surface area contributed by atoms with E-state index in [2.05, 4.69) is 9.97 Å². The van der Waals surface area contributed by atoms with Crippen LogP contribution in [0.25, 0.3) is 21.8 Å². The molecule has 0 atom stereocenters. The van der Waals surface area contributed by atoms with Crippen molar-refractivity contribution in [3.05, 3.63) is 33.7 Å². The number of aromatic nitrogens is 2. The summed E-state index contributed by atoms with van der Waals surface area (Å²) in [5.41, 5.74) is 0. The number of fused-ring (bicyclic) bond motifs is 1. The Morgan fingerprint density at radius 3 is 2.58 bits per heavy atom. The van der Waals surface area contributed by atoms with Gasteiger partial charge in [-0.25, -0.2) is 9.97 Å². The fourth-order valence-corrected chi connectivity index (χ4v) is 3.06. The van der Waals surface area contributed by atoms with Crippen LogP contribution in [0.1, 0.15) is 0 Å². The van der Waals surface area contributed by atoms with Crippen LogP contribution in [0.15, 0.2) is 28.0 Å². The van der Waals surface area contributed by atoms with Gasteiger partial charge < -0.3 is 19.5 Å². The molecule has 0 spiro atoms. The van der Waals surface area contributed by atoms with Gasteiger partial charge in [-0.15, -0.1) is 11.3 Å². The minimum Gasteiger partial charge on any atom is -0.397 e. The van der Waals surface area contributed by atoms with Gasteiger partial charge in [0.1, 0.15) is 15.6 Å². The first-order chi connectivity index (χ1) is 11.6. The van der Waals surface area contributed by atoms with E-state index in [0.29, 0.717) is 23.7 Å². The maximum absolute atomic E-state index is 10.8. The highest BCUT2D eigenvalue weighted by Gasteiger charge is 2.19. The highest BCUT2D eigenvalue weighted by Crippen LogP contribution is 2.32. The van der Waals surface area contributed by atoms with Gasteiger partial charge in [-0.05, 0) is 17.5 Å². The number of nitro groups is 1. The molecule has 0 aromatic carbocycles. The number of hydrogen-bond donors (Lipinski definition) is 2. The smallest absolute Gasteiger partial charge is 0.397 e. The second-order valence-electron chi connectivity index (χ2n) is 4.84. The van der Waals surface area contributed by atoms with Gasteiger partial charge in [0.25, 0.3) is 0 Å². The molecule has 0 saturated carbocycles. The maximum Gasteiger partial charge on any atom is 0.433 e. The second-order valence-corrected chi connectivity index (χ2v) is 5.73. The summed E-state index contributed by atoms with van der Waals surface area (Å²) in [5.74, 6) is 0.558. The Bertz CT molecular complexity index is 856. The molecular formula is C14H14N4O5S. The van der Waals surface area contributed by atoms with E-state index in [1.807, 2.05) is 11.4 Å². The van der Waals surface area contributed by atoms with Crippen molar-refractivity contribution in [2.24, 2.45) is 0 Å². The minimum absolute atomic E-state index is 0.100. The Hall–Kier alpha value is -2.56. The Labute approximate surface area is 140 Å². The highest BCUT2D eigenvalue weighted by molar-refractivity contribution is 7.16. The Morgan fingerprint density at radius 1 is 1.21 bits per heavy atom. The summed E-state index contributed by atoms with van der Waals surface area (Å²) in [5, 5.41) is 31.9. The van der Waals surface area contributed by atoms with Gasteiger partial charge in [-0.2, -0.15) is 0 Å². The van der Waals surface area contributed by atoms with Crippen molar-refractivity contribution in [1.82, 2.24) is 9.97 Å². The molecule has 9 nitrogen and oxygen atoms in total. The number of furan rings is 1. The highest BCUT2D eigenvalue weighted by atomic mass is 32.1. The molecule has 0 aliphatic rings. The third kappa shape index (κ3) is 3.07. The van der Waals surface area contributed by atoms with Gasteiger partial charge in [0.15, 0.2) is 11.6 Å². The molecule has 126 valence electrons. The van der Waals surface area contributed by atoms with Gasteiger partial charge in [-0.3, -0.25) is 10.1 Å². The Kier molecular flexibility index (Phi) is 4.69. The van der Waals surface area contributed by atoms with Crippen LogP contribution in [0.3, 0.4) is 0 Å². The number of anilines is 1. The molecule has 0 unspecified atom stereocenters. The number of aliphatic hydroxyl groups is 2. The van der Waals surface area contributed by atoms with Crippen molar-refractivity contribution in [2.45, 2.75) is 0 Å². The first kappa shape index (κ1) is 16.3. The van der Waals surface area contributed by atoms with Crippen molar-refractivity contribution >= 4 is 33.3 Å². The average molecular weight is 350 g/mol. The van der Waals surface area contributed by atoms with Crippen molar-refractivity contribution in [2.75, 3.05) is 31.2 Å². The summed E-state index contributed by atoms with van der Waals surface area (Å²) >= 11 is 1.40. The van der Waals surface area contributed by atoms with Crippen LogP contribution in [0.4, 0.5) is 11.7 Å². The van der Waals surface area contributed by atoms with Crippen LogP contribution in [-0.4, -0.2) is 51.4 Å². The molecule has 0 radical (unpaired) electrons. The van der Waals surface area contributed by atoms with Crippen LogP contribution < -0.4 is 4.90 Å². The lowest BCUT2D eigenvalue weighted by Crippen LogP contribution is -2.30. The lowest BCUT2D eigenvalue weighted by molar-refractivity contribution is -0.401. The molecule has 24 heavy (non-hydrogen) atoms. The summed E-state index contributed by atoms with van der Waals surface area (Å²) < 4.78 is 5.17. The molecule has 3 aromatic heterocycles. The number of rotatable bonds is 7. The van der Waals surface area contributed by atoms with Crippen molar-refractivity contribution in [3.8, 4) is 11.6 Å². The number of hydrogen-bond acceptors (Lipinski definition) is 9. The van der Waals surface area contributed by atoms with Crippen LogP contribution >= 0.6 is 11.3 Å². The number of thiophene rings is 1. The van der Waals surface area contributed by atoms with E-state index in [9.17, 15) is 20.3 Å². The average Bonchev–Trinajstić information content (AvgIpc) is 3.22. The monoisotopic (exact) mass is 350 g/mol. The second kappa shape index (κ2) is 6.91. The van der Waals surface area contributed by atoms with Gasteiger partial charge in [0.2, 0.25) is 0 Å².